The van der Waals surface area contributed by atoms with Gasteiger partial charge in [0.25, 0.3) is 0 Å². The second kappa shape index (κ2) is 10.3. The van der Waals surface area contributed by atoms with Gasteiger partial charge in [0.15, 0.2) is 5.13 Å². The molecule has 2 aliphatic rings. The fourth-order valence-corrected chi connectivity index (χ4v) is 6.18. The highest BCUT2D eigenvalue weighted by Crippen LogP contribution is 2.44. The van der Waals surface area contributed by atoms with Crippen LogP contribution in [0.5, 0.6) is 5.75 Å². The summed E-state index contributed by atoms with van der Waals surface area (Å²) in [5, 5.41) is 16.8. The van der Waals surface area contributed by atoms with Crippen LogP contribution in [0.3, 0.4) is 0 Å². The number of amides is 1. The minimum atomic E-state index is -4.83. The Kier molecular flexibility index (Phi) is 7.14. The molecule has 15 heteroatoms. The van der Waals surface area contributed by atoms with Crippen LogP contribution in [-0.4, -0.2) is 90.2 Å². The van der Waals surface area contributed by atoms with E-state index in [9.17, 15) is 27.9 Å². The number of rotatable bonds is 8. The van der Waals surface area contributed by atoms with Crippen molar-refractivity contribution in [1.82, 2.24) is 14.8 Å². The number of aromatic nitrogens is 1. The molecule has 2 aromatic carbocycles. The highest BCUT2D eigenvalue weighted by molar-refractivity contribution is 7.22. The number of alkyl halides is 3. The summed E-state index contributed by atoms with van der Waals surface area (Å²) in [6, 6.07) is 8.04. The molecule has 3 aromatic rings. The van der Waals surface area contributed by atoms with E-state index in [4.69, 9.17) is 5.73 Å². The predicted molar refractivity (Wildman–Crippen MR) is 145 cm³/mol. The monoisotopic (exact) mass is 579 g/mol. The van der Waals surface area contributed by atoms with Gasteiger partial charge in [0.2, 0.25) is 11.7 Å². The lowest BCUT2D eigenvalue weighted by Gasteiger charge is -2.49. The van der Waals surface area contributed by atoms with E-state index in [1.165, 1.54) is 30.3 Å². The van der Waals surface area contributed by atoms with Crippen LogP contribution in [0, 0.1) is 0 Å². The second-order valence-electron chi connectivity index (χ2n) is 9.83. The van der Waals surface area contributed by atoms with Crippen LogP contribution >= 0.6 is 11.3 Å². The van der Waals surface area contributed by atoms with Gasteiger partial charge in [-0.15, -0.1) is 13.2 Å². The average molecular weight is 580 g/mol. The maximum Gasteiger partial charge on any atom is 0.573 e. The molecule has 0 radical (unpaired) electrons. The first kappa shape index (κ1) is 27.7. The molecule has 2 atom stereocenters. The SMILES string of the molecule is CN1CCN(C(CC(N)=O)C2(Nc3nc4ccc(OC(F)(F)F)cc4s3)Nc3cc(C(=O)O)ccc3N2C)CC1. The number of hydrogen-bond donors (Lipinski definition) is 4. The van der Waals surface area contributed by atoms with Crippen LogP contribution < -0.4 is 26.0 Å². The molecule has 5 rings (SSSR count). The Morgan fingerprint density at radius 1 is 1.20 bits per heavy atom. The minimum absolute atomic E-state index is 0.0394. The number of nitrogens with zero attached hydrogens (tertiary/aromatic N) is 4. The molecule has 0 spiro atoms. The molecule has 0 aliphatic carbocycles. The van der Waals surface area contributed by atoms with Gasteiger partial charge in [-0.3, -0.25) is 9.69 Å². The number of carboxylic acid groups (broad SMARTS) is 1. The number of carbonyl (C=O) groups excluding carboxylic acids is 1. The highest BCUT2D eigenvalue weighted by atomic mass is 32.1. The van der Waals surface area contributed by atoms with E-state index in [2.05, 4.69) is 30.2 Å². The van der Waals surface area contributed by atoms with Crippen molar-refractivity contribution in [3.8, 4) is 5.75 Å². The second-order valence-corrected chi connectivity index (χ2v) is 10.9. The fourth-order valence-electron chi connectivity index (χ4n) is 5.23. The normalized spacial score (nSPS) is 20.7. The van der Waals surface area contributed by atoms with Crippen molar-refractivity contribution in [1.29, 1.82) is 0 Å². The smallest absolute Gasteiger partial charge is 0.478 e. The Bertz CT molecular complexity index is 1440. The van der Waals surface area contributed by atoms with Gasteiger partial charge in [-0.05, 0) is 37.4 Å². The summed E-state index contributed by atoms with van der Waals surface area (Å²) in [4.78, 5) is 34.9. The summed E-state index contributed by atoms with van der Waals surface area (Å²) in [5.74, 6) is -3.20. The molecular weight excluding hydrogens is 551 g/mol. The third-order valence-corrected chi connectivity index (χ3v) is 8.14. The Hall–Kier alpha value is -3.82. The highest BCUT2D eigenvalue weighted by Gasteiger charge is 2.52. The standard InChI is InChI=1S/C25H28F3N7O4S/c1-33-7-9-35(10-8-33)20(13-21(29)36)24(31-17-11-14(22(37)38)3-6-18(17)34(24)2)32-23-30-16-5-4-15(12-19(16)40-23)39-25(26,27)28/h3-6,11-12,20,31H,7-10,13H2,1-2H3,(H2,29,36)(H,30,32)(H,37,38). The third kappa shape index (κ3) is 5.44. The number of anilines is 3. The molecule has 5 N–H and O–H groups in total. The quantitative estimate of drug-likeness (QED) is 0.315. The van der Waals surface area contributed by atoms with Gasteiger partial charge in [-0.2, -0.15) is 0 Å². The van der Waals surface area contributed by atoms with Crippen LogP contribution in [0.15, 0.2) is 36.4 Å². The number of carboxylic acids is 1. The Balaban J connectivity index is 1.58. The lowest BCUT2D eigenvalue weighted by molar-refractivity contribution is -0.274. The minimum Gasteiger partial charge on any atom is -0.478 e. The first-order chi connectivity index (χ1) is 18.8. The van der Waals surface area contributed by atoms with E-state index in [0.29, 0.717) is 39.8 Å². The number of benzene rings is 2. The molecule has 1 fully saturated rings. The Morgan fingerprint density at radius 3 is 2.58 bits per heavy atom. The van der Waals surface area contributed by atoms with Gasteiger partial charge in [0.05, 0.1) is 33.2 Å². The Labute approximate surface area is 231 Å². The topological polar surface area (TPSA) is 136 Å². The molecule has 1 aromatic heterocycles. The van der Waals surface area contributed by atoms with Crippen LogP contribution in [0.25, 0.3) is 10.2 Å². The van der Waals surface area contributed by atoms with Gasteiger partial charge >= 0.3 is 12.3 Å². The molecule has 2 unspecified atom stereocenters. The third-order valence-electron chi connectivity index (χ3n) is 7.21. The molecular formula is C25H28F3N7O4S. The van der Waals surface area contributed by atoms with Gasteiger partial charge in [-0.1, -0.05) is 11.3 Å². The molecule has 2 aliphatic heterocycles. The van der Waals surface area contributed by atoms with Crippen molar-refractivity contribution in [2.24, 2.45) is 5.73 Å². The molecule has 40 heavy (non-hydrogen) atoms. The molecule has 1 saturated heterocycles. The maximum absolute atomic E-state index is 12.8. The molecule has 0 saturated carbocycles. The number of carbonyl (C=O) groups is 2. The van der Waals surface area contributed by atoms with Crippen molar-refractivity contribution in [3.63, 3.8) is 0 Å². The summed E-state index contributed by atoms with van der Waals surface area (Å²) < 4.78 is 42.8. The Morgan fingerprint density at radius 2 is 1.93 bits per heavy atom. The first-order valence-corrected chi connectivity index (χ1v) is 13.2. The van der Waals surface area contributed by atoms with Crippen molar-refractivity contribution >= 4 is 49.9 Å². The van der Waals surface area contributed by atoms with Gasteiger partial charge in [0, 0.05) is 45.7 Å². The number of hydrogen-bond acceptors (Lipinski definition) is 10. The number of primary amides is 1. The number of nitrogens with two attached hydrogens (primary N) is 1. The zero-order chi connectivity index (χ0) is 28.8. The average Bonchev–Trinajstić information content (AvgIpc) is 3.39. The number of halogens is 3. The van der Waals surface area contributed by atoms with E-state index in [1.54, 1.807) is 13.1 Å². The number of likely N-dealkylation sites (N-methyl/N-ethyl adjacent to an activating group) is 2. The van der Waals surface area contributed by atoms with Gasteiger partial charge < -0.3 is 36.0 Å². The summed E-state index contributed by atoms with van der Waals surface area (Å²) >= 11 is 1.12. The van der Waals surface area contributed by atoms with E-state index < -0.39 is 30.1 Å². The number of thiazole rings is 1. The fraction of sp³-hybridized carbons (Fsp3) is 0.400. The van der Waals surface area contributed by atoms with E-state index in [-0.39, 0.29) is 17.7 Å². The zero-order valence-electron chi connectivity index (χ0n) is 21.7. The lowest BCUT2D eigenvalue weighted by atomic mass is 10.0. The number of piperazine rings is 1. The predicted octanol–water partition coefficient (Wildman–Crippen LogP) is 3.01. The van der Waals surface area contributed by atoms with Crippen LogP contribution in [0.4, 0.5) is 29.7 Å². The lowest BCUT2D eigenvalue weighted by Crippen LogP contribution is -2.70. The molecule has 11 nitrogen and oxygen atoms in total. The number of aromatic carboxylic acids is 1. The van der Waals surface area contributed by atoms with Crippen molar-refractivity contribution in [2.75, 3.05) is 55.8 Å². The summed E-state index contributed by atoms with van der Waals surface area (Å²) in [5.41, 5.74) is 7.49. The van der Waals surface area contributed by atoms with Gasteiger partial charge in [-0.25, -0.2) is 9.78 Å². The van der Waals surface area contributed by atoms with Crippen molar-refractivity contribution < 1.29 is 32.6 Å². The number of ether oxygens (including phenoxy) is 1. The molecule has 1 amide bonds. The van der Waals surface area contributed by atoms with Crippen molar-refractivity contribution in [2.45, 2.75) is 24.6 Å². The molecule has 0 bridgehead atoms. The van der Waals surface area contributed by atoms with E-state index in [1.807, 2.05) is 11.9 Å². The summed E-state index contributed by atoms with van der Waals surface area (Å²) in [7, 11) is 3.81. The molecule has 3 heterocycles. The van der Waals surface area contributed by atoms with Crippen molar-refractivity contribution in [3.05, 3.63) is 42.0 Å². The number of fused-ring (bicyclic) bond motifs is 2. The molecule has 214 valence electrons. The maximum atomic E-state index is 12.8. The zero-order valence-corrected chi connectivity index (χ0v) is 22.5. The van der Waals surface area contributed by atoms with E-state index in [0.717, 1.165) is 24.4 Å². The summed E-state index contributed by atoms with van der Waals surface area (Å²) in [6.07, 6.45) is -4.87. The number of nitrogens with one attached hydrogen (secondary N) is 2. The van der Waals surface area contributed by atoms with Gasteiger partial charge in [0.1, 0.15) is 5.75 Å². The largest absolute Gasteiger partial charge is 0.573 e. The van der Waals surface area contributed by atoms with E-state index >= 15 is 0 Å². The van der Waals surface area contributed by atoms with Crippen LogP contribution in [0.2, 0.25) is 0 Å². The van der Waals surface area contributed by atoms with Crippen LogP contribution in [0.1, 0.15) is 16.8 Å². The van der Waals surface area contributed by atoms with Crippen LogP contribution in [-0.2, 0) is 4.79 Å². The summed E-state index contributed by atoms with van der Waals surface area (Å²) in [6.45, 7) is 2.80. The first-order valence-electron chi connectivity index (χ1n) is 12.4.